The first-order valence-electron chi connectivity index (χ1n) is 8.73. The standard InChI is InChI=1S/C22H18F3NO3/c1-13-6-4-7-15(10-13)11-18-19(21(28)29-3)14(2)26(20(18)27)17-9-5-8-16(12-17)22(23,24)25/h4-12H,1-3H3/b18-11-. The van der Waals surface area contributed by atoms with E-state index in [1.165, 1.54) is 26.2 Å². The number of methoxy groups -OCH3 is 1. The second-order valence-corrected chi connectivity index (χ2v) is 6.61. The largest absolute Gasteiger partial charge is 0.465 e. The Balaban J connectivity index is 2.15. The summed E-state index contributed by atoms with van der Waals surface area (Å²) in [6, 6.07) is 11.7. The van der Waals surface area contributed by atoms with Crippen molar-refractivity contribution in [3.05, 3.63) is 82.1 Å². The topological polar surface area (TPSA) is 46.6 Å². The van der Waals surface area contributed by atoms with Crippen LogP contribution < -0.4 is 4.90 Å². The number of nitrogens with zero attached hydrogens (tertiary/aromatic N) is 1. The van der Waals surface area contributed by atoms with Gasteiger partial charge in [0.15, 0.2) is 0 Å². The van der Waals surface area contributed by atoms with Crippen molar-refractivity contribution in [2.75, 3.05) is 12.0 Å². The molecule has 0 aromatic heterocycles. The Morgan fingerprint density at radius 3 is 2.38 bits per heavy atom. The number of aryl methyl sites for hydroxylation is 1. The molecule has 0 saturated heterocycles. The van der Waals surface area contributed by atoms with Gasteiger partial charge in [0.25, 0.3) is 5.91 Å². The number of benzene rings is 2. The molecule has 7 heteroatoms. The van der Waals surface area contributed by atoms with E-state index < -0.39 is 23.6 Å². The van der Waals surface area contributed by atoms with Crippen molar-refractivity contribution in [2.24, 2.45) is 0 Å². The summed E-state index contributed by atoms with van der Waals surface area (Å²) in [6.45, 7) is 3.39. The average Bonchev–Trinajstić information content (AvgIpc) is 2.90. The lowest BCUT2D eigenvalue weighted by molar-refractivity contribution is -0.137. The zero-order chi connectivity index (χ0) is 21.3. The van der Waals surface area contributed by atoms with E-state index in [1.54, 1.807) is 18.2 Å². The monoisotopic (exact) mass is 401 g/mol. The van der Waals surface area contributed by atoms with Crippen LogP contribution >= 0.6 is 0 Å². The number of carbonyl (C=O) groups excluding carboxylic acids is 2. The molecule has 1 amide bonds. The van der Waals surface area contributed by atoms with E-state index in [0.717, 1.165) is 22.6 Å². The lowest BCUT2D eigenvalue weighted by Gasteiger charge is -2.19. The number of rotatable bonds is 3. The number of hydrogen-bond acceptors (Lipinski definition) is 3. The minimum absolute atomic E-state index is 0.0244. The number of ether oxygens (including phenoxy) is 1. The van der Waals surface area contributed by atoms with Gasteiger partial charge in [-0.05, 0) is 43.7 Å². The van der Waals surface area contributed by atoms with Crippen LogP contribution in [0.4, 0.5) is 18.9 Å². The quantitative estimate of drug-likeness (QED) is 0.543. The van der Waals surface area contributed by atoms with Crippen LogP contribution in [0.5, 0.6) is 0 Å². The van der Waals surface area contributed by atoms with Crippen LogP contribution in [0.3, 0.4) is 0 Å². The fraction of sp³-hybridized carbons (Fsp3) is 0.182. The Morgan fingerprint density at radius 1 is 1.07 bits per heavy atom. The van der Waals surface area contributed by atoms with E-state index >= 15 is 0 Å². The molecule has 0 radical (unpaired) electrons. The van der Waals surface area contributed by atoms with Gasteiger partial charge in [0, 0.05) is 11.4 Å². The van der Waals surface area contributed by atoms with Crippen LogP contribution in [0.15, 0.2) is 65.4 Å². The lowest BCUT2D eigenvalue weighted by Crippen LogP contribution is -2.24. The molecule has 0 aliphatic carbocycles. The van der Waals surface area contributed by atoms with Crippen molar-refractivity contribution in [2.45, 2.75) is 20.0 Å². The third-order valence-electron chi connectivity index (χ3n) is 4.57. The van der Waals surface area contributed by atoms with Crippen LogP contribution in [0.1, 0.15) is 23.6 Å². The average molecular weight is 401 g/mol. The second-order valence-electron chi connectivity index (χ2n) is 6.61. The molecule has 0 saturated carbocycles. The molecule has 0 atom stereocenters. The molecule has 150 valence electrons. The Bertz CT molecular complexity index is 1050. The molecule has 0 spiro atoms. The molecule has 0 N–H and O–H groups in total. The number of hydrogen-bond donors (Lipinski definition) is 0. The molecule has 3 rings (SSSR count). The summed E-state index contributed by atoms with van der Waals surface area (Å²) in [5, 5.41) is 0. The van der Waals surface area contributed by atoms with E-state index in [4.69, 9.17) is 4.74 Å². The minimum atomic E-state index is -4.55. The van der Waals surface area contributed by atoms with Gasteiger partial charge in [-0.15, -0.1) is 0 Å². The summed E-state index contributed by atoms with van der Waals surface area (Å²) in [7, 11) is 1.18. The molecular formula is C22H18F3NO3. The van der Waals surface area contributed by atoms with Gasteiger partial charge in [-0.1, -0.05) is 35.9 Å². The summed E-state index contributed by atoms with van der Waals surface area (Å²) < 4.78 is 44.1. The normalized spacial score (nSPS) is 16.0. The summed E-state index contributed by atoms with van der Waals surface area (Å²) in [5.74, 6) is -1.33. The van der Waals surface area contributed by atoms with Gasteiger partial charge < -0.3 is 4.74 Å². The fourth-order valence-corrected chi connectivity index (χ4v) is 3.24. The lowest BCUT2D eigenvalue weighted by atomic mass is 10.0. The van der Waals surface area contributed by atoms with Gasteiger partial charge in [0.2, 0.25) is 0 Å². The first-order valence-corrected chi connectivity index (χ1v) is 8.73. The number of alkyl halides is 3. The van der Waals surface area contributed by atoms with Crippen LogP contribution in [0, 0.1) is 6.92 Å². The van der Waals surface area contributed by atoms with Crippen LogP contribution in [-0.4, -0.2) is 19.0 Å². The molecule has 0 fully saturated rings. The van der Waals surface area contributed by atoms with Gasteiger partial charge in [-0.25, -0.2) is 4.79 Å². The third-order valence-corrected chi connectivity index (χ3v) is 4.57. The molecule has 2 aromatic carbocycles. The summed E-state index contributed by atoms with van der Waals surface area (Å²) in [4.78, 5) is 26.6. The number of halogens is 3. The van der Waals surface area contributed by atoms with E-state index in [-0.39, 0.29) is 22.5 Å². The predicted molar refractivity (Wildman–Crippen MR) is 103 cm³/mol. The fourth-order valence-electron chi connectivity index (χ4n) is 3.24. The highest BCUT2D eigenvalue weighted by molar-refractivity contribution is 6.23. The van der Waals surface area contributed by atoms with Crippen molar-refractivity contribution in [1.29, 1.82) is 0 Å². The van der Waals surface area contributed by atoms with Crippen molar-refractivity contribution in [1.82, 2.24) is 0 Å². The maximum absolute atomic E-state index is 13.1. The number of anilines is 1. The molecule has 4 nitrogen and oxygen atoms in total. The highest BCUT2D eigenvalue weighted by Crippen LogP contribution is 2.38. The second kappa shape index (κ2) is 7.58. The first-order chi connectivity index (χ1) is 13.6. The van der Waals surface area contributed by atoms with Crippen molar-refractivity contribution in [3.8, 4) is 0 Å². The Kier molecular flexibility index (Phi) is 5.33. The van der Waals surface area contributed by atoms with Crippen LogP contribution in [0.2, 0.25) is 0 Å². The Morgan fingerprint density at radius 2 is 1.76 bits per heavy atom. The highest BCUT2D eigenvalue weighted by atomic mass is 19.4. The first kappa shape index (κ1) is 20.4. The maximum atomic E-state index is 13.1. The zero-order valence-corrected chi connectivity index (χ0v) is 16.0. The number of carbonyl (C=O) groups is 2. The molecular weight excluding hydrogens is 383 g/mol. The number of esters is 1. The number of amides is 1. The van der Waals surface area contributed by atoms with Crippen molar-refractivity contribution in [3.63, 3.8) is 0 Å². The summed E-state index contributed by atoms with van der Waals surface area (Å²) in [6.07, 6.45) is -3.01. The SMILES string of the molecule is COC(=O)C1=C(C)N(c2cccc(C(F)(F)F)c2)C(=O)/C1=C\c1cccc(C)c1. The van der Waals surface area contributed by atoms with Gasteiger partial charge in [0.05, 0.1) is 23.8 Å². The van der Waals surface area contributed by atoms with Crippen molar-refractivity contribution < 1.29 is 27.5 Å². The Hall–Kier alpha value is -3.35. The molecule has 2 aromatic rings. The van der Waals surface area contributed by atoms with Gasteiger partial charge in [-0.3, -0.25) is 9.69 Å². The molecule has 1 aliphatic heterocycles. The van der Waals surface area contributed by atoms with E-state index in [2.05, 4.69) is 0 Å². The van der Waals surface area contributed by atoms with E-state index in [1.807, 2.05) is 19.1 Å². The van der Waals surface area contributed by atoms with Crippen LogP contribution in [0.25, 0.3) is 6.08 Å². The summed E-state index contributed by atoms with van der Waals surface area (Å²) in [5.41, 5.74) is 1.09. The number of allylic oxidation sites excluding steroid dienone is 1. The molecule has 1 aliphatic rings. The highest BCUT2D eigenvalue weighted by Gasteiger charge is 2.39. The third kappa shape index (κ3) is 3.94. The molecule has 0 bridgehead atoms. The molecule has 0 unspecified atom stereocenters. The smallest absolute Gasteiger partial charge is 0.416 e. The Labute approximate surface area is 165 Å². The molecule has 1 heterocycles. The van der Waals surface area contributed by atoms with Gasteiger partial charge >= 0.3 is 12.1 Å². The zero-order valence-electron chi connectivity index (χ0n) is 16.0. The minimum Gasteiger partial charge on any atom is -0.465 e. The maximum Gasteiger partial charge on any atom is 0.416 e. The van der Waals surface area contributed by atoms with Gasteiger partial charge in [0.1, 0.15) is 0 Å². The van der Waals surface area contributed by atoms with Gasteiger partial charge in [-0.2, -0.15) is 13.2 Å². The molecule has 29 heavy (non-hydrogen) atoms. The van der Waals surface area contributed by atoms with E-state index in [0.29, 0.717) is 5.56 Å². The summed E-state index contributed by atoms with van der Waals surface area (Å²) >= 11 is 0. The van der Waals surface area contributed by atoms with E-state index in [9.17, 15) is 22.8 Å². The predicted octanol–water partition coefficient (Wildman–Crippen LogP) is 4.89. The van der Waals surface area contributed by atoms with Crippen molar-refractivity contribution >= 4 is 23.6 Å². The van der Waals surface area contributed by atoms with Crippen LogP contribution in [-0.2, 0) is 20.5 Å².